The van der Waals surface area contributed by atoms with Gasteiger partial charge in [0.1, 0.15) is 0 Å². The quantitative estimate of drug-likeness (QED) is 0.773. The molecule has 1 N–H and O–H groups in total. The molecular formula is C13H24N2O2. The van der Waals surface area contributed by atoms with Crippen LogP contribution < -0.4 is 0 Å². The molecule has 0 unspecified atom stereocenters. The Morgan fingerprint density at radius 1 is 1.24 bits per heavy atom. The van der Waals surface area contributed by atoms with Gasteiger partial charge in [0, 0.05) is 39.2 Å². The van der Waals surface area contributed by atoms with Crippen molar-refractivity contribution in [3.63, 3.8) is 0 Å². The van der Waals surface area contributed by atoms with Crippen molar-refractivity contribution in [3.05, 3.63) is 0 Å². The predicted octanol–water partition coefficient (Wildman–Crippen LogP) is 0.702. The van der Waals surface area contributed by atoms with Crippen molar-refractivity contribution in [2.75, 3.05) is 32.8 Å². The van der Waals surface area contributed by atoms with Crippen molar-refractivity contribution < 1.29 is 9.90 Å². The highest BCUT2D eigenvalue weighted by Crippen LogP contribution is 2.23. The van der Waals surface area contributed by atoms with E-state index in [4.69, 9.17) is 0 Å². The maximum absolute atomic E-state index is 11.3. The third-order valence-electron chi connectivity index (χ3n) is 4.23. The van der Waals surface area contributed by atoms with Gasteiger partial charge < -0.3 is 10.0 Å². The van der Waals surface area contributed by atoms with Gasteiger partial charge in [-0.15, -0.1) is 0 Å². The highest BCUT2D eigenvalue weighted by atomic mass is 16.3. The van der Waals surface area contributed by atoms with Gasteiger partial charge in [-0.25, -0.2) is 0 Å². The largest absolute Gasteiger partial charge is 0.396 e. The summed E-state index contributed by atoms with van der Waals surface area (Å²) in [5.74, 6) is 0.671. The van der Waals surface area contributed by atoms with E-state index in [1.165, 1.54) is 19.4 Å². The molecule has 2 aliphatic heterocycles. The lowest BCUT2D eigenvalue weighted by molar-refractivity contribution is -0.130. The number of amides is 1. The number of carbonyl (C=O) groups excluding carboxylic acids is 1. The first-order valence-electron chi connectivity index (χ1n) is 6.81. The van der Waals surface area contributed by atoms with Crippen LogP contribution in [0, 0.1) is 5.92 Å². The van der Waals surface area contributed by atoms with Crippen molar-refractivity contribution in [1.82, 2.24) is 9.80 Å². The second-order valence-electron chi connectivity index (χ2n) is 5.42. The van der Waals surface area contributed by atoms with Crippen molar-refractivity contribution in [2.24, 2.45) is 5.92 Å². The normalized spacial score (nSPS) is 28.4. The molecule has 0 aliphatic carbocycles. The first-order chi connectivity index (χ1) is 8.20. The monoisotopic (exact) mass is 240 g/mol. The van der Waals surface area contributed by atoms with E-state index in [1.807, 2.05) is 4.90 Å². The average Bonchev–Trinajstić information content (AvgIpc) is 2.39. The van der Waals surface area contributed by atoms with Gasteiger partial charge in [-0.1, -0.05) is 0 Å². The lowest BCUT2D eigenvalue weighted by atomic mass is 9.94. The van der Waals surface area contributed by atoms with Crippen LogP contribution in [0.4, 0.5) is 0 Å². The third-order valence-corrected chi connectivity index (χ3v) is 4.23. The predicted molar refractivity (Wildman–Crippen MR) is 66.7 cm³/mol. The number of likely N-dealkylation sites (tertiary alicyclic amines) is 2. The van der Waals surface area contributed by atoms with E-state index in [0.717, 1.165) is 32.5 Å². The second-order valence-corrected chi connectivity index (χ2v) is 5.42. The molecule has 2 rings (SSSR count). The highest BCUT2D eigenvalue weighted by molar-refractivity contribution is 5.73. The molecular weight excluding hydrogens is 216 g/mol. The summed E-state index contributed by atoms with van der Waals surface area (Å²) in [6.07, 6.45) is 4.56. The minimum atomic E-state index is 0.204. The van der Waals surface area contributed by atoms with E-state index >= 15 is 0 Å². The van der Waals surface area contributed by atoms with Gasteiger partial charge in [0.05, 0.1) is 0 Å². The zero-order chi connectivity index (χ0) is 12.3. The Morgan fingerprint density at radius 3 is 2.53 bits per heavy atom. The molecule has 1 amide bonds. The summed E-state index contributed by atoms with van der Waals surface area (Å²) in [6, 6.07) is 0.625. The van der Waals surface area contributed by atoms with Crippen LogP contribution in [0.25, 0.3) is 0 Å². The molecule has 2 fully saturated rings. The van der Waals surface area contributed by atoms with Crippen LogP contribution in [0.5, 0.6) is 0 Å². The standard InChI is InChI=1S/C13H24N2O2/c1-11(17)14-7-4-13(5-8-14)15-6-2-3-12(9-15)10-16/h12-13,16H,2-10H2,1H3/t12-/m0/s1. The summed E-state index contributed by atoms with van der Waals surface area (Å²) >= 11 is 0. The zero-order valence-electron chi connectivity index (χ0n) is 10.8. The van der Waals surface area contributed by atoms with Crippen molar-refractivity contribution in [1.29, 1.82) is 0 Å². The average molecular weight is 240 g/mol. The Morgan fingerprint density at radius 2 is 1.94 bits per heavy atom. The van der Waals surface area contributed by atoms with E-state index in [9.17, 15) is 9.90 Å². The van der Waals surface area contributed by atoms with E-state index < -0.39 is 0 Å². The van der Waals surface area contributed by atoms with Crippen molar-refractivity contribution >= 4 is 5.91 Å². The Hall–Kier alpha value is -0.610. The number of piperidine rings is 2. The summed E-state index contributed by atoms with van der Waals surface area (Å²) in [4.78, 5) is 15.7. The zero-order valence-corrected chi connectivity index (χ0v) is 10.8. The smallest absolute Gasteiger partial charge is 0.219 e. The Balaban J connectivity index is 1.81. The minimum Gasteiger partial charge on any atom is -0.396 e. The van der Waals surface area contributed by atoms with E-state index in [1.54, 1.807) is 6.92 Å². The number of aliphatic hydroxyl groups excluding tert-OH is 1. The molecule has 2 aliphatic rings. The number of rotatable bonds is 2. The molecule has 2 saturated heterocycles. The maximum atomic E-state index is 11.3. The van der Waals surface area contributed by atoms with Gasteiger partial charge in [0.2, 0.25) is 5.91 Å². The van der Waals surface area contributed by atoms with Gasteiger partial charge in [-0.3, -0.25) is 9.69 Å². The van der Waals surface area contributed by atoms with Crippen LogP contribution in [0.15, 0.2) is 0 Å². The fourth-order valence-electron chi connectivity index (χ4n) is 3.12. The first-order valence-corrected chi connectivity index (χ1v) is 6.81. The first kappa shape index (κ1) is 12.8. The van der Waals surface area contributed by atoms with E-state index in [0.29, 0.717) is 18.6 Å². The molecule has 1 atom stereocenters. The molecule has 0 aromatic rings. The van der Waals surface area contributed by atoms with Crippen molar-refractivity contribution in [3.8, 4) is 0 Å². The van der Waals surface area contributed by atoms with Gasteiger partial charge in [0.15, 0.2) is 0 Å². The second kappa shape index (κ2) is 5.83. The molecule has 0 aromatic carbocycles. The van der Waals surface area contributed by atoms with Gasteiger partial charge >= 0.3 is 0 Å². The highest BCUT2D eigenvalue weighted by Gasteiger charge is 2.28. The fraction of sp³-hybridized carbons (Fsp3) is 0.923. The summed E-state index contributed by atoms with van der Waals surface area (Å²) in [5.41, 5.74) is 0. The number of nitrogens with zero attached hydrogens (tertiary/aromatic N) is 2. The topological polar surface area (TPSA) is 43.8 Å². The van der Waals surface area contributed by atoms with Crippen LogP contribution in [0.1, 0.15) is 32.6 Å². The Bertz CT molecular complexity index is 262. The molecule has 17 heavy (non-hydrogen) atoms. The Kier molecular flexibility index (Phi) is 4.40. The molecule has 98 valence electrons. The van der Waals surface area contributed by atoms with Crippen LogP contribution in [-0.4, -0.2) is 59.6 Å². The molecule has 0 saturated carbocycles. The number of carbonyl (C=O) groups is 1. The van der Waals surface area contributed by atoms with Gasteiger partial charge in [-0.2, -0.15) is 0 Å². The maximum Gasteiger partial charge on any atom is 0.219 e. The van der Waals surface area contributed by atoms with Crippen LogP contribution >= 0.6 is 0 Å². The lowest BCUT2D eigenvalue weighted by Gasteiger charge is -2.41. The van der Waals surface area contributed by atoms with Crippen molar-refractivity contribution in [2.45, 2.75) is 38.6 Å². The molecule has 0 aromatic heterocycles. The van der Waals surface area contributed by atoms with E-state index in [2.05, 4.69) is 4.90 Å². The minimum absolute atomic E-state index is 0.204. The molecule has 0 radical (unpaired) electrons. The van der Waals surface area contributed by atoms with Gasteiger partial charge in [0.25, 0.3) is 0 Å². The van der Waals surface area contributed by atoms with Crippen LogP contribution in [0.2, 0.25) is 0 Å². The van der Waals surface area contributed by atoms with E-state index in [-0.39, 0.29) is 5.91 Å². The summed E-state index contributed by atoms with van der Waals surface area (Å²) in [6.45, 7) is 5.99. The molecule has 0 bridgehead atoms. The summed E-state index contributed by atoms with van der Waals surface area (Å²) < 4.78 is 0. The molecule has 4 nitrogen and oxygen atoms in total. The lowest BCUT2D eigenvalue weighted by Crippen LogP contribution is -2.49. The number of hydrogen-bond acceptors (Lipinski definition) is 3. The summed E-state index contributed by atoms with van der Waals surface area (Å²) in [5, 5.41) is 9.24. The summed E-state index contributed by atoms with van der Waals surface area (Å²) in [7, 11) is 0. The van der Waals surface area contributed by atoms with Crippen LogP contribution in [-0.2, 0) is 4.79 Å². The third kappa shape index (κ3) is 3.19. The van der Waals surface area contributed by atoms with Gasteiger partial charge in [-0.05, 0) is 38.1 Å². The SMILES string of the molecule is CC(=O)N1CCC(N2CCC[C@H](CO)C2)CC1. The number of aliphatic hydroxyl groups is 1. The molecule has 2 heterocycles. The number of hydrogen-bond donors (Lipinski definition) is 1. The van der Waals surface area contributed by atoms with Crippen LogP contribution in [0.3, 0.4) is 0 Å². The molecule has 4 heteroatoms. The Labute approximate surface area is 104 Å². The fourth-order valence-corrected chi connectivity index (χ4v) is 3.12. The molecule has 0 spiro atoms.